The van der Waals surface area contributed by atoms with Gasteiger partial charge in [0.1, 0.15) is 23.0 Å². The molecule has 0 saturated heterocycles. The molecule has 426 valence electrons. The van der Waals surface area contributed by atoms with Crippen molar-refractivity contribution < 1.29 is 37.9 Å². The molecule has 0 aliphatic rings. The van der Waals surface area contributed by atoms with Gasteiger partial charge in [0, 0.05) is 8.95 Å². The van der Waals surface area contributed by atoms with Crippen molar-refractivity contribution >= 4 is 54.6 Å². The van der Waals surface area contributed by atoms with Crippen molar-refractivity contribution in [3.05, 3.63) is 203 Å². The Morgan fingerprint density at radius 1 is 0.220 bits per heavy atom. The highest BCUT2D eigenvalue weighted by molar-refractivity contribution is 9.10. The highest BCUT2D eigenvalue weighted by Crippen LogP contribution is 2.31. The predicted octanol–water partition coefficient (Wildman–Crippen LogP) is 20.2. The summed E-state index contributed by atoms with van der Waals surface area (Å²) < 4.78 is 50.5. The van der Waals surface area contributed by atoms with Crippen LogP contribution in [0.3, 0.4) is 0 Å². The van der Waals surface area contributed by atoms with Crippen LogP contribution in [0.5, 0.6) is 46.0 Å². The Kier molecular flexibility index (Phi) is 26.0. The molecule has 0 N–H and O–H groups in total. The van der Waals surface area contributed by atoms with Gasteiger partial charge in [-0.15, -0.1) is 0 Å². The predicted molar refractivity (Wildman–Crippen MR) is 334 cm³/mol. The maximum absolute atomic E-state index is 6.13. The smallest absolute Gasteiger partial charge is 0.161 e. The van der Waals surface area contributed by atoms with Crippen LogP contribution in [-0.4, -0.2) is 52.9 Å². The van der Waals surface area contributed by atoms with Crippen LogP contribution in [-0.2, 0) is 0 Å². The second-order valence-electron chi connectivity index (χ2n) is 19.3. The van der Waals surface area contributed by atoms with E-state index in [1.165, 1.54) is 0 Å². The van der Waals surface area contributed by atoms with Crippen LogP contribution in [0.1, 0.15) is 77.0 Å². The molecule has 8 aromatic carbocycles. The van der Waals surface area contributed by atoms with Crippen molar-refractivity contribution in [2.75, 3.05) is 52.9 Å². The summed E-state index contributed by atoms with van der Waals surface area (Å²) in [6.45, 7) is 5.03. The number of rotatable bonds is 37. The van der Waals surface area contributed by atoms with Crippen LogP contribution >= 0.6 is 31.9 Å². The Hall–Kier alpha value is -7.68. The maximum Gasteiger partial charge on any atom is 0.161 e. The van der Waals surface area contributed by atoms with E-state index in [9.17, 15) is 0 Å². The molecule has 0 heterocycles. The fraction of sp³-hybridized carbons (Fsp3) is 0.294. The van der Waals surface area contributed by atoms with E-state index >= 15 is 0 Å². The van der Waals surface area contributed by atoms with E-state index in [2.05, 4.69) is 76.6 Å². The molecule has 14 heteroatoms. The zero-order valence-corrected chi connectivity index (χ0v) is 49.6. The summed E-state index contributed by atoms with van der Waals surface area (Å²) in [6, 6.07) is 63.1. The topological polar surface area (TPSA) is 123 Å². The number of hydrogen-bond donors (Lipinski definition) is 0. The number of ether oxygens (including phenoxy) is 8. The number of nitrogens with zero attached hydrogens (tertiary/aromatic N) is 4. The van der Waals surface area contributed by atoms with Gasteiger partial charge >= 0.3 is 0 Å². The molecule has 8 rings (SSSR count). The molecule has 0 aliphatic carbocycles. The number of benzene rings is 8. The number of para-hydroxylation sites is 4. The van der Waals surface area contributed by atoms with Gasteiger partial charge in [-0.25, -0.2) is 0 Å². The highest BCUT2D eigenvalue weighted by Gasteiger charge is 2.08. The lowest BCUT2D eigenvalue weighted by atomic mass is 10.1. The Labute approximate surface area is 500 Å². The summed E-state index contributed by atoms with van der Waals surface area (Å²) in [4.78, 5) is 0. The summed E-state index contributed by atoms with van der Waals surface area (Å²) in [6.07, 6.45) is 11.6. The van der Waals surface area contributed by atoms with E-state index in [0.717, 1.165) is 166 Å². The Balaban J connectivity index is 0.599. The van der Waals surface area contributed by atoms with Gasteiger partial charge in [0.2, 0.25) is 0 Å². The normalized spacial score (nSPS) is 11.2. The first-order valence-corrected chi connectivity index (χ1v) is 30.0. The lowest BCUT2D eigenvalue weighted by Crippen LogP contribution is -2.04. The molecule has 0 aromatic heterocycles. The molecule has 0 atom stereocenters. The lowest BCUT2D eigenvalue weighted by Gasteiger charge is -2.13. The van der Waals surface area contributed by atoms with Crippen LogP contribution in [0, 0.1) is 0 Å². The van der Waals surface area contributed by atoms with Crippen LogP contribution in [0.2, 0.25) is 0 Å². The summed E-state index contributed by atoms with van der Waals surface area (Å²) in [7, 11) is 0. The minimum Gasteiger partial charge on any atom is -0.494 e. The molecule has 12 nitrogen and oxygen atoms in total. The molecule has 0 amide bonds. The molecular formula is C68H72Br2N4O8. The third-order valence-corrected chi connectivity index (χ3v) is 13.9. The minimum atomic E-state index is 0.588. The third kappa shape index (κ3) is 22.3. The van der Waals surface area contributed by atoms with Crippen molar-refractivity contribution in [3.63, 3.8) is 0 Å². The van der Waals surface area contributed by atoms with Crippen molar-refractivity contribution in [2.24, 2.45) is 20.5 Å². The first-order valence-electron chi connectivity index (χ1n) is 28.4. The highest BCUT2D eigenvalue weighted by atomic mass is 79.9. The molecule has 0 spiro atoms. The largest absolute Gasteiger partial charge is 0.494 e. The fourth-order valence-electron chi connectivity index (χ4n) is 8.34. The summed E-state index contributed by atoms with van der Waals surface area (Å²) in [5.74, 6) is 6.48. The van der Waals surface area contributed by atoms with Gasteiger partial charge in [-0.2, -0.15) is 20.5 Å². The van der Waals surface area contributed by atoms with Gasteiger partial charge in [0.05, 0.1) is 75.6 Å². The third-order valence-electron chi connectivity index (χ3n) is 12.9. The molecule has 0 bridgehead atoms. The molecule has 0 unspecified atom stereocenters. The van der Waals surface area contributed by atoms with E-state index < -0.39 is 0 Å². The van der Waals surface area contributed by atoms with Gasteiger partial charge < -0.3 is 37.9 Å². The monoisotopic (exact) mass is 1230 g/mol. The second kappa shape index (κ2) is 35.2. The van der Waals surface area contributed by atoms with Crippen LogP contribution < -0.4 is 37.9 Å². The zero-order chi connectivity index (χ0) is 56.5. The van der Waals surface area contributed by atoms with Gasteiger partial charge in [-0.05, 0) is 234 Å². The first kappa shape index (κ1) is 60.4. The van der Waals surface area contributed by atoms with E-state index in [-0.39, 0.29) is 0 Å². The SMILES string of the molecule is Brc1ccc(N=Nc2ccc(OCCCCOc3ccccc3OCCCCCCOc3ccc(-c4ccc(OCCCCCCOc5ccccc5OCCCCOc5ccc(N=Nc6ccc(Br)cc6)cc5)cc4)cc3)cc2)cc1. The molecule has 0 radical (unpaired) electrons. The van der Waals surface area contributed by atoms with Crippen LogP contribution in [0.25, 0.3) is 11.1 Å². The molecule has 0 fully saturated rings. The van der Waals surface area contributed by atoms with Crippen LogP contribution in [0.15, 0.2) is 224 Å². The zero-order valence-electron chi connectivity index (χ0n) is 46.4. The van der Waals surface area contributed by atoms with Crippen molar-refractivity contribution in [2.45, 2.75) is 77.0 Å². The number of unbranched alkanes of at least 4 members (excludes halogenated alkanes) is 8. The van der Waals surface area contributed by atoms with E-state index in [1.54, 1.807) is 0 Å². The Morgan fingerprint density at radius 3 is 0.683 bits per heavy atom. The standard InChI is InChI=1S/C68H72Br2N4O8/c69-55-25-29-57(30-26-55)71-73-59-33-41-63(42-34-59)77-47-13-15-51-81-67-19-7-5-17-65(67)79-49-11-3-1-9-45-75-61-37-21-53(22-38-61)54-23-39-62(40-24-54)76-46-10-2-4-12-50-80-66-18-6-8-20-68(66)82-52-16-14-48-78-64-43-35-60(36-44-64)74-72-58-31-27-56(70)28-32-58/h5-8,17-44H,1-4,9-16,45-52H2. The molecule has 0 saturated carbocycles. The quantitative estimate of drug-likeness (QED) is 0.0279. The van der Waals surface area contributed by atoms with Crippen molar-refractivity contribution in [3.8, 4) is 57.1 Å². The van der Waals surface area contributed by atoms with Crippen molar-refractivity contribution in [1.29, 1.82) is 0 Å². The van der Waals surface area contributed by atoms with Gasteiger partial charge in [-0.1, -0.05) is 80.4 Å². The second-order valence-corrected chi connectivity index (χ2v) is 21.1. The first-order chi connectivity index (χ1) is 40.5. The number of azo groups is 2. The number of hydrogen-bond acceptors (Lipinski definition) is 12. The van der Waals surface area contributed by atoms with Gasteiger partial charge in [-0.3, -0.25) is 0 Å². The molecule has 82 heavy (non-hydrogen) atoms. The fourth-order valence-corrected chi connectivity index (χ4v) is 8.87. The molecule has 8 aromatic rings. The van der Waals surface area contributed by atoms with E-state index in [1.807, 2.05) is 170 Å². The maximum atomic E-state index is 6.13. The van der Waals surface area contributed by atoms with E-state index in [4.69, 9.17) is 37.9 Å². The molecular weight excluding hydrogens is 1160 g/mol. The van der Waals surface area contributed by atoms with Crippen LogP contribution in [0.4, 0.5) is 22.7 Å². The average molecular weight is 1230 g/mol. The van der Waals surface area contributed by atoms with E-state index in [0.29, 0.717) is 52.9 Å². The lowest BCUT2D eigenvalue weighted by molar-refractivity contribution is 0.245. The Morgan fingerprint density at radius 2 is 0.427 bits per heavy atom. The van der Waals surface area contributed by atoms with Gasteiger partial charge in [0.15, 0.2) is 23.0 Å². The average Bonchev–Trinajstić information content (AvgIpc) is 3.61. The Bertz CT molecular complexity index is 2900. The van der Waals surface area contributed by atoms with Crippen molar-refractivity contribution in [1.82, 2.24) is 0 Å². The minimum absolute atomic E-state index is 0.588. The van der Waals surface area contributed by atoms with Gasteiger partial charge in [0.25, 0.3) is 0 Å². The number of halogens is 2. The summed E-state index contributed by atoms with van der Waals surface area (Å²) in [5, 5.41) is 17.2. The summed E-state index contributed by atoms with van der Waals surface area (Å²) >= 11 is 6.87. The molecule has 0 aliphatic heterocycles. The summed E-state index contributed by atoms with van der Waals surface area (Å²) in [5.41, 5.74) is 5.42.